The maximum atomic E-state index is 14.4. The second-order valence-corrected chi connectivity index (χ2v) is 8.60. The molecular weight excluding hydrogens is 518 g/mol. The SMILES string of the molecule is CCN(C#N)C(=O)c1ccc(C2=NOC(c3cc(Cl)c(C#N)c(Cl)c3)(C(F)(F)F)C2)c2ccncc12. The van der Waals surface area contributed by atoms with Crippen LogP contribution in [0, 0.1) is 22.8 Å². The standard InChI is InChI=1S/C24H14Cl2F3N5O2/c1-2-34(12-31)22(35)16-4-3-15(14-5-6-32-11-18(14)16)21-9-23(36-33-21,24(27,28)29)13-7-19(25)17(10-30)20(26)8-13/h3-8,11H,2,9H2,1H3. The lowest BCUT2D eigenvalue weighted by molar-refractivity contribution is -0.275. The number of amides is 1. The Balaban J connectivity index is 1.82. The van der Waals surface area contributed by atoms with Crippen LogP contribution in [0.5, 0.6) is 0 Å². The first kappa shape index (κ1) is 25.2. The van der Waals surface area contributed by atoms with Crippen molar-refractivity contribution in [3.63, 3.8) is 0 Å². The number of hydrogen-bond acceptors (Lipinski definition) is 6. The number of carbonyl (C=O) groups excluding carboxylic acids is 1. The number of halogens is 5. The molecule has 4 rings (SSSR count). The highest BCUT2D eigenvalue weighted by Crippen LogP contribution is 2.50. The minimum Gasteiger partial charge on any atom is -0.374 e. The molecule has 1 amide bonds. The summed E-state index contributed by atoms with van der Waals surface area (Å²) >= 11 is 12.0. The molecule has 0 fully saturated rings. The monoisotopic (exact) mass is 531 g/mol. The summed E-state index contributed by atoms with van der Waals surface area (Å²) in [5, 5.41) is 22.4. The molecule has 36 heavy (non-hydrogen) atoms. The second-order valence-electron chi connectivity index (χ2n) is 7.79. The molecule has 1 aliphatic rings. The van der Waals surface area contributed by atoms with Crippen LogP contribution in [-0.2, 0) is 10.4 Å². The van der Waals surface area contributed by atoms with E-state index < -0.39 is 29.7 Å². The highest BCUT2D eigenvalue weighted by Gasteiger charge is 2.62. The fraction of sp³-hybridized carbons (Fsp3) is 0.208. The van der Waals surface area contributed by atoms with E-state index in [1.807, 2.05) is 0 Å². The molecule has 0 N–H and O–H groups in total. The van der Waals surface area contributed by atoms with Crippen LogP contribution >= 0.6 is 23.2 Å². The lowest BCUT2D eigenvalue weighted by Crippen LogP contribution is -2.42. The lowest BCUT2D eigenvalue weighted by atomic mass is 9.85. The molecule has 0 spiro atoms. The summed E-state index contributed by atoms with van der Waals surface area (Å²) in [6, 6.07) is 8.12. The van der Waals surface area contributed by atoms with E-state index >= 15 is 0 Å². The highest BCUT2D eigenvalue weighted by molar-refractivity contribution is 6.36. The van der Waals surface area contributed by atoms with Gasteiger partial charge in [-0.3, -0.25) is 9.78 Å². The summed E-state index contributed by atoms with van der Waals surface area (Å²) in [5.41, 5.74) is -3.05. The Morgan fingerprint density at radius 3 is 2.47 bits per heavy atom. The third-order valence-electron chi connectivity index (χ3n) is 5.85. The Kier molecular flexibility index (Phi) is 6.52. The smallest absolute Gasteiger partial charge is 0.374 e. The number of fused-ring (bicyclic) bond motifs is 1. The number of carbonyl (C=O) groups is 1. The normalized spacial score (nSPS) is 17.2. The molecule has 1 unspecified atom stereocenters. The van der Waals surface area contributed by atoms with Gasteiger partial charge in [-0.05, 0) is 36.6 Å². The lowest BCUT2D eigenvalue weighted by Gasteiger charge is -2.30. The second kappa shape index (κ2) is 9.30. The molecule has 1 aromatic heterocycles. The van der Waals surface area contributed by atoms with Gasteiger partial charge in [0.15, 0.2) is 6.19 Å². The average Bonchev–Trinajstić information content (AvgIpc) is 3.31. The van der Waals surface area contributed by atoms with Crippen molar-refractivity contribution in [3.05, 3.63) is 75.0 Å². The van der Waals surface area contributed by atoms with E-state index in [0.29, 0.717) is 16.3 Å². The zero-order valence-electron chi connectivity index (χ0n) is 18.4. The molecule has 1 aliphatic heterocycles. The Bertz CT molecular complexity index is 1490. The van der Waals surface area contributed by atoms with Crippen LogP contribution < -0.4 is 0 Å². The van der Waals surface area contributed by atoms with Gasteiger partial charge < -0.3 is 4.84 Å². The molecule has 7 nitrogen and oxygen atoms in total. The van der Waals surface area contributed by atoms with Crippen molar-refractivity contribution >= 4 is 45.6 Å². The van der Waals surface area contributed by atoms with Crippen molar-refractivity contribution in [1.29, 1.82) is 10.5 Å². The Morgan fingerprint density at radius 1 is 1.19 bits per heavy atom. The third-order valence-corrected chi connectivity index (χ3v) is 6.44. The van der Waals surface area contributed by atoms with Gasteiger partial charge in [0.1, 0.15) is 6.07 Å². The summed E-state index contributed by atoms with van der Waals surface area (Å²) in [5.74, 6) is -0.569. The van der Waals surface area contributed by atoms with Crippen molar-refractivity contribution in [2.45, 2.75) is 25.1 Å². The molecule has 3 aromatic rings. The van der Waals surface area contributed by atoms with Crippen LogP contribution in [0.25, 0.3) is 10.8 Å². The topological polar surface area (TPSA) is 102 Å². The molecule has 1 atom stereocenters. The summed E-state index contributed by atoms with van der Waals surface area (Å²) < 4.78 is 43.3. The van der Waals surface area contributed by atoms with Crippen molar-refractivity contribution in [2.24, 2.45) is 5.16 Å². The van der Waals surface area contributed by atoms with E-state index in [1.54, 1.807) is 19.2 Å². The summed E-state index contributed by atoms with van der Waals surface area (Å²) in [6.07, 6.45) is -1.03. The number of rotatable bonds is 4. The highest BCUT2D eigenvalue weighted by atomic mass is 35.5. The predicted octanol–water partition coefficient (Wildman–Crippen LogP) is 5.94. The third kappa shape index (κ3) is 3.98. The first-order valence-corrected chi connectivity index (χ1v) is 11.1. The maximum Gasteiger partial charge on any atom is 0.435 e. The molecule has 0 bridgehead atoms. The molecule has 12 heteroatoms. The molecule has 2 aromatic carbocycles. The summed E-state index contributed by atoms with van der Waals surface area (Å²) in [4.78, 5) is 22.9. The van der Waals surface area contributed by atoms with Gasteiger partial charge in [-0.15, -0.1) is 0 Å². The van der Waals surface area contributed by atoms with E-state index in [-0.39, 0.29) is 33.4 Å². The van der Waals surface area contributed by atoms with Crippen LogP contribution in [-0.4, -0.2) is 34.2 Å². The van der Waals surface area contributed by atoms with E-state index in [9.17, 15) is 23.2 Å². The average molecular weight is 532 g/mol. The Labute approximate surface area is 212 Å². The van der Waals surface area contributed by atoms with Crippen LogP contribution in [0.3, 0.4) is 0 Å². The molecule has 0 aliphatic carbocycles. The maximum absolute atomic E-state index is 14.4. The fourth-order valence-corrected chi connectivity index (χ4v) is 4.57. The quantitative estimate of drug-likeness (QED) is 0.306. The summed E-state index contributed by atoms with van der Waals surface area (Å²) in [7, 11) is 0. The number of nitriles is 2. The first-order valence-electron chi connectivity index (χ1n) is 10.4. The van der Waals surface area contributed by atoms with Crippen LogP contribution in [0.15, 0.2) is 47.9 Å². The number of alkyl halides is 3. The molecule has 0 radical (unpaired) electrons. The molecule has 0 saturated heterocycles. The number of aromatic nitrogens is 1. The number of oxime groups is 1. The molecule has 182 valence electrons. The van der Waals surface area contributed by atoms with Gasteiger partial charge in [0.25, 0.3) is 11.5 Å². The molecule has 2 heterocycles. The predicted molar refractivity (Wildman–Crippen MR) is 125 cm³/mol. The van der Waals surface area contributed by atoms with Crippen molar-refractivity contribution in [1.82, 2.24) is 9.88 Å². The summed E-state index contributed by atoms with van der Waals surface area (Å²) in [6.45, 7) is 1.78. The Hall–Kier alpha value is -3.86. The zero-order valence-corrected chi connectivity index (χ0v) is 19.9. The van der Waals surface area contributed by atoms with Gasteiger partial charge in [0.2, 0.25) is 0 Å². The van der Waals surface area contributed by atoms with Crippen LogP contribution in [0.2, 0.25) is 10.0 Å². The van der Waals surface area contributed by atoms with Crippen LogP contribution in [0.1, 0.15) is 40.4 Å². The van der Waals surface area contributed by atoms with Crippen LogP contribution in [0.4, 0.5) is 13.2 Å². The van der Waals surface area contributed by atoms with Gasteiger partial charge >= 0.3 is 6.18 Å². The number of pyridine rings is 1. The minimum absolute atomic E-state index is 0.0354. The van der Waals surface area contributed by atoms with Gasteiger partial charge in [-0.25, -0.2) is 4.90 Å². The van der Waals surface area contributed by atoms with Crippen molar-refractivity contribution in [2.75, 3.05) is 6.54 Å². The molecular formula is C24H14Cl2F3N5O2. The fourth-order valence-electron chi connectivity index (χ4n) is 3.99. The first-order chi connectivity index (χ1) is 17.1. The van der Waals surface area contributed by atoms with E-state index in [1.165, 1.54) is 30.6 Å². The van der Waals surface area contributed by atoms with Gasteiger partial charge in [0.05, 0.1) is 26.9 Å². The largest absolute Gasteiger partial charge is 0.435 e. The van der Waals surface area contributed by atoms with E-state index in [4.69, 9.17) is 33.3 Å². The number of hydrogen-bond donors (Lipinski definition) is 0. The number of nitrogens with zero attached hydrogens (tertiary/aromatic N) is 5. The van der Waals surface area contributed by atoms with Gasteiger partial charge in [0, 0.05) is 41.9 Å². The minimum atomic E-state index is -4.93. The zero-order chi connectivity index (χ0) is 26.3. The Morgan fingerprint density at radius 2 is 1.89 bits per heavy atom. The van der Waals surface area contributed by atoms with E-state index in [2.05, 4.69) is 10.1 Å². The number of benzene rings is 2. The van der Waals surface area contributed by atoms with E-state index in [0.717, 1.165) is 17.0 Å². The van der Waals surface area contributed by atoms with Crippen molar-refractivity contribution in [3.8, 4) is 12.3 Å². The van der Waals surface area contributed by atoms with Crippen molar-refractivity contribution < 1.29 is 22.8 Å². The van der Waals surface area contributed by atoms with Gasteiger partial charge in [-0.2, -0.15) is 23.7 Å². The molecule has 0 saturated carbocycles. The van der Waals surface area contributed by atoms with Gasteiger partial charge in [-0.1, -0.05) is 34.4 Å².